The van der Waals surface area contributed by atoms with E-state index in [1.807, 2.05) is 0 Å². The second-order valence-corrected chi connectivity index (χ2v) is 6.51. The number of hydrogen-bond acceptors (Lipinski definition) is 9. The minimum atomic E-state index is -4.45. The fourth-order valence-corrected chi connectivity index (χ4v) is 2.55. The molecule has 0 aromatic carbocycles. The van der Waals surface area contributed by atoms with E-state index in [0.717, 1.165) is 0 Å². The monoisotopic (exact) mass is 395 g/mol. The van der Waals surface area contributed by atoms with Gasteiger partial charge < -0.3 is 35.2 Å². The third-order valence-electron chi connectivity index (χ3n) is 3.28. The zero-order valence-corrected chi connectivity index (χ0v) is 12.4. The molecule has 12 nitrogen and oxygen atoms in total. The van der Waals surface area contributed by atoms with Crippen LogP contribution in [-0.2, 0) is 14.0 Å². The van der Waals surface area contributed by atoms with Crippen molar-refractivity contribution in [3.8, 4) is 11.5 Å². The molecule has 0 spiro atoms. The molecule has 0 radical (unpaired) electrons. The first-order chi connectivity index (χ1) is 10.8. The molecule has 0 amide bonds. The third kappa shape index (κ3) is 4.99. The van der Waals surface area contributed by atoms with E-state index in [-0.39, 0.29) is 70.6 Å². The number of anilines is 1. The average molecular weight is 395 g/mol. The van der Waals surface area contributed by atoms with Crippen molar-refractivity contribution in [1.29, 1.82) is 0 Å². The Morgan fingerprint density at radius 1 is 1.24 bits per heavy atom. The Morgan fingerprint density at radius 3 is 2.56 bits per heavy atom. The number of hydrogen-bond donors (Lipinski definition) is 5. The second kappa shape index (κ2) is 9.02. The van der Waals surface area contributed by atoms with Gasteiger partial charge in [-0.05, 0) is 0 Å². The summed E-state index contributed by atoms with van der Waals surface area (Å²) in [4.78, 5) is 29.4. The number of nitrogens with two attached hydrogens (primary N) is 1. The number of aliphatic hydroxyl groups excluding tert-OH is 2. The van der Waals surface area contributed by atoms with E-state index in [2.05, 4.69) is 15.0 Å². The van der Waals surface area contributed by atoms with Crippen molar-refractivity contribution >= 4 is 72.5 Å². The van der Waals surface area contributed by atoms with Crippen LogP contribution in [0.5, 0.6) is 0 Å². The Kier molecular flexibility index (Phi) is 8.44. The van der Waals surface area contributed by atoms with Gasteiger partial charge in [-0.15, -0.1) is 0 Å². The van der Waals surface area contributed by atoms with Gasteiger partial charge in [0, 0.05) is 0 Å². The van der Waals surface area contributed by atoms with Crippen LogP contribution in [0.25, 0.3) is 11.5 Å². The molecule has 3 heterocycles. The van der Waals surface area contributed by atoms with Gasteiger partial charge >= 0.3 is 66.7 Å². The van der Waals surface area contributed by atoms with E-state index in [9.17, 15) is 14.8 Å². The van der Waals surface area contributed by atoms with Crippen molar-refractivity contribution in [2.24, 2.45) is 0 Å². The first-order valence-corrected chi connectivity index (χ1v) is 8.18. The van der Waals surface area contributed by atoms with Crippen molar-refractivity contribution in [1.82, 2.24) is 19.5 Å². The Labute approximate surface area is 185 Å². The normalized spacial score (nSPS) is 26.2. The summed E-state index contributed by atoms with van der Waals surface area (Å²) in [5.74, 6) is 0.403. The van der Waals surface area contributed by atoms with Gasteiger partial charge in [0.25, 0.3) is 0 Å². The first kappa shape index (κ1) is 23.4. The summed E-state index contributed by atoms with van der Waals surface area (Å²) in [6.07, 6.45) is -4.02. The van der Waals surface area contributed by atoms with Gasteiger partial charge in [-0.1, -0.05) is 0 Å². The van der Waals surface area contributed by atoms with Crippen LogP contribution >= 0.6 is 7.60 Å². The molecule has 0 aliphatic carbocycles. The summed E-state index contributed by atoms with van der Waals surface area (Å²) in [6, 6.07) is 0. The zero-order chi connectivity index (χ0) is 16.8. The summed E-state index contributed by atoms with van der Waals surface area (Å²) in [6.45, 7) is 0. The number of fused-ring (bicyclic) bond motifs is 1. The predicted octanol–water partition coefficient (Wildman–Crippen LogP) is -3.21. The van der Waals surface area contributed by atoms with E-state index in [1.54, 1.807) is 0 Å². The molecule has 1 fully saturated rings. The maximum atomic E-state index is 10.8. The van der Waals surface area contributed by atoms with Gasteiger partial charge in [0.2, 0.25) is 0 Å². The third-order valence-corrected chi connectivity index (χ3v) is 3.76. The van der Waals surface area contributed by atoms with Crippen molar-refractivity contribution in [3.05, 3.63) is 12.7 Å². The van der Waals surface area contributed by atoms with E-state index in [0.29, 0.717) is 5.82 Å². The molecule has 15 heteroatoms. The summed E-state index contributed by atoms with van der Waals surface area (Å²) >= 11 is 0. The first-order valence-electron chi connectivity index (χ1n) is 6.39. The van der Waals surface area contributed by atoms with Crippen LogP contribution in [0.2, 0.25) is 0 Å². The number of nitrogen functional groups attached to an aromatic ring is 1. The molecule has 130 valence electrons. The van der Waals surface area contributed by atoms with Crippen molar-refractivity contribution in [3.63, 3.8) is 0 Å². The average Bonchev–Trinajstić information content (AvgIpc) is 3.05. The Bertz CT molecular complexity index is 730. The number of imidazole rings is 1. The van der Waals surface area contributed by atoms with Crippen molar-refractivity contribution in [2.75, 3.05) is 12.1 Å². The van der Waals surface area contributed by atoms with E-state index in [1.165, 1.54) is 17.2 Å². The van der Waals surface area contributed by atoms with Gasteiger partial charge in [-0.3, -0.25) is 9.13 Å². The summed E-state index contributed by atoms with van der Waals surface area (Å²) in [5, 5.41) is 20.0. The quantitative estimate of drug-likeness (QED) is 0.259. The molecule has 4 atom stereocenters. The van der Waals surface area contributed by atoms with Crippen LogP contribution in [-0.4, -0.2) is 123 Å². The zero-order valence-electron chi connectivity index (χ0n) is 11.5. The Hall–Kier alpha value is 0.340. The van der Waals surface area contributed by atoms with Gasteiger partial charge in [-0.2, -0.15) is 0 Å². The fraction of sp³-hybridized carbons (Fsp3) is 0.500. The minimum absolute atomic E-state index is 0. The summed E-state index contributed by atoms with van der Waals surface area (Å²) < 4.78 is 22.2. The molecule has 1 saturated heterocycles. The summed E-state index contributed by atoms with van der Waals surface area (Å²) in [7, 11) is -4.45. The molecular formula is C10H16N5Na2O7P. The molecule has 0 saturated carbocycles. The van der Waals surface area contributed by atoms with Crippen LogP contribution < -0.4 is 5.73 Å². The van der Waals surface area contributed by atoms with E-state index >= 15 is 0 Å². The van der Waals surface area contributed by atoms with Crippen molar-refractivity contribution < 1.29 is 34.0 Å². The van der Waals surface area contributed by atoms with Gasteiger partial charge in [0.05, 0.1) is 0 Å². The van der Waals surface area contributed by atoms with Gasteiger partial charge in [0.1, 0.15) is 36.4 Å². The SMILES string of the molecule is Nc1c2ncnc-2ncn1[C@@H]1O[C@H](OCP(=O)(O)O)[C@@H](O)[C@H]1O.[NaH].[NaH]. The number of ether oxygens (including phenoxy) is 2. The standard InChI is InChI=1S/C10H14N5O7P.2Na.2H/c11-7-4-8(13-1-12-4)14-2-15(7)9-5(16)6(17)10(22-9)21-3-23(18,19)20;;;;/h1-2,5-6,9-10,16-17H,3,11H2,(H2,18,19,20);;;;/t5-,6+,9-,10+;;;;/m1..../s1. The molecule has 3 rings (SSSR count). The molecule has 0 aromatic heterocycles. The Morgan fingerprint density at radius 2 is 1.92 bits per heavy atom. The van der Waals surface area contributed by atoms with E-state index in [4.69, 9.17) is 25.0 Å². The van der Waals surface area contributed by atoms with Crippen LogP contribution in [0.1, 0.15) is 6.23 Å². The second-order valence-electron chi connectivity index (χ2n) is 4.92. The van der Waals surface area contributed by atoms with E-state index < -0.39 is 38.7 Å². The predicted molar refractivity (Wildman–Crippen MR) is 87.1 cm³/mol. The van der Waals surface area contributed by atoms with Crippen LogP contribution in [0.15, 0.2) is 12.7 Å². The molecule has 0 aromatic rings. The molecule has 3 aliphatic rings. The van der Waals surface area contributed by atoms with Crippen molar-refractivity contribution in [2.45, 2.75) is 24.7 Å². The Balaban J connectivity index is 0.00000156. The topological polar surface area (TPSA) is 186 Å². The number of nitrogens with zero attached hydrogens (tertiary/aromatic N) is 4. The summed E-state index contributed by atoms with van der Waals surface area (Å²) in [5.41, 5.74) is 6.21. The molecule has 0 unspecified atom stereocenters. The molecule has 0 bridgehead atoms. The maximum absolute atomic E-state index is 10.8. The molecular weight excluding hydrogens is 379 g/mol. The molecule has 25 heavy (non-hydrogen) atoms. The van der Waals surface area contributed by atoms with Gasteiger partial charge in [-0.25, -0.2) is 15.0 Å². The molecule has 3 aliphatic heterocycles. The number of aliphatic hydroxyl groups is 2. The van der Waals surface area contributed by atoms with Crippen LogP contribution in [0.3, 0.4) is 0 Å². The molecule has 6 N–H and O–H groups in total. The van der Waals surface area contributed by atoms with Gasteiger partial charge in [0.15, 0.2) is 24.7 Å². The van der Waals surface area contributed by atoms with Crippen LogP contribution in [0, 0.1) is 0 Å². The van der Waals surface area contributed by atoms with Crippen LogP contribution in [0.4, 0.5) is 5.82 Å². The number of aromatic nitrogens is 4. The number of rotatable bonds is 4. The fourth-order valence-electron chi connectivity index (χ4n) is 2.21.